The Morgan fingerprint density at radius 1 is 1.50 bits per heavy atom. The van der Waals surface area contributed by atoms with E-state index in [-0.39, 0.29) is 11.9 Å². The number of rotatable bonds is 6. The van der Waals surface area contributed by atoms with Crippen molar-refractivity contribution in [2.24, 2.45) is 0 Å². The lowest BCUT2D eigenvalue weighted by atomic mass is 10.1. The second kappa shape index (κ2) is 6.29. The maximum atomic E-state index is 11.8. The minimum absolute atomic E-state index is 0.137. The quantitative estimate of drug-likeness (QED) is 0.588. The van der Waals surface area contributed by atoms with Crippen molar-refractivity contribution in [1.29, 1.82) is 0 Å². The van der Waals surface area contributed by atoms with E-state index in [9.17, 15) is 4.79 Å². The first-order chi connectivity index (χ1) is 8.76. The number of aryl methyl sites for hydroxylation is 1. The number of esters is 1. The fourth-order valence-electron chi connectivity index (χ4n) is 2.12. The van der Waals surface area contributed by atoms with Crippen molar-refractivity contribution in [3.8, 4) is 0 Å². The van der Waals surface area contributed by atoms with Gasteiger partial charge < -0.3 is 9.47 Å². The van der Waals surface area contributed by atoms with Gasteiger partial charge in [0.2, 0.25) is 0 Å². The molecule has 0 fully saturated rings. The first kappa shape index (κ1) is 13.5. The van der Waals surface area contributed by atoms with Gasteiger partial charge in [0.25, 0.3) is 0 Å². The van der Waals surface area contributed by atoms with E-state index >= 15 is 0 Å². The summed E-state index contributed by atoms with van der Waals surface area (Å²) in [5, 5.41) is 0.974. The standard InChI is InChI=1S/C13H19NO3S/c1-3-7-16-8-11-14-12-9(13(15)17-4-2)5-6-10(12)18-11/h9H,3-8H2,1-2H3. The molecule has 0 N–H and O–H groups in total. The summed E-state index contributed by atoms with van der Waals surface area (Å²) in [7, 11) is 0. The van der Waals surface area contributed by atoms with Gasteiger partial charge in [-0.05, 0) is 26.2 Å². The van der Waals surface area contributed by atoms with Crippen molar-refractivity contribution in [3.05, 3.63) is 15.6 Å². The Morgan fingerprint density at radius 3 is 3.06 bits per heavy atom. The second-order valence-corrected chi connectivity index (χ2v) is 5.48. The molecule has 0 aliphatic heterocycles. The van der Waals surface area contributed by atoms with Crippen molar-refractivity contribution in [2.75, 3.05) is 13.2 Å². The topological polar surface area (TPSA) is 48.4 Å². The molecule has 1 aliphatic carbocycles. The largest absolute Gasteiger partial charge is 0.465 e. The van der Waals surface area contributed by atoms with Gasteiger partial charge in [-0.1, -0.05) is 6.92 Å². The van der Waals surface area contributed by atoms with E-state index < -0.39 is 0 Å². The normalized spacial score (nSPS) is 17.8. The average Bonchev–Trinajstić information content (AvgIpc) is 2.89. The molecule has 1 aromatic rings. The van der Waals surface area contributed by atoms with Gasteiger partial charge in [-0.25, -0.2) is 4.98 Å². The Labute approximate surface area is 111 Å². The highest BCUT2D eigenvalue weighted by atomic mass is 32.1. The summed E-state index contributed by atoms with van der Waals surface area (Å²) in [4.78, 5) is 17.6. The zero-order valence-electron chi connectivity index (χ0n) is 10.9. The number of fused-ring (bicyclic) bond motifs is 1. The lowest BCUT2D eigenvalue weighted by molar-refractivity contribution is -0.145. The van der Waals surface area contributed by atoms with E-state index in [1.54, 1.807) is 11.3 Å². The summed E-state index contributed by atoms with van der Waals surface area (Å²) in [5.74, 6) is -0.293. The molecule has 1 heterocycles. The molecule has 18 heavy (non-hydrogen) atoms. The molecule has 0 saturated heterocycles. The van der Waals surface area contributed by atoms with Crippen LogP contribution in [0.25, 0.3) is 0 Å². The van der Waals surface area contributed by atoms with Crippen LogP contribution in [-0.4, -0.2) is 24.2 Å². The minimum Gasteiger partial charge on any atom is -0.465 e. The number of hydrogen-bond acceptors (Lipinski definition) is 5. The van der Waals surface area contributed by atoms with Gasteiger partial charge in [0.15, 0.2) is 0 Å². The Hall–Kier alpha value is -0.940. The van der Waals surface area contributed by atoms with Crippen molar-refractivity contribution in [1.82, 2.24) is 4.98 Å². The molecule has 1 unspecified atom stereocenters. The first-order valence-electron chi connectivity index (χ1n) is 6.49. The minimum atomic E-state index is -0.156. The second-order valence-electron chi connectivity index (χ2n) is 4.31. The molecule has 5 heteroatoms. The van der Waals surface area contributed by atoms with Crippen LogP contribution in [-0.2, 0) is 27.3 Å². The van der Waals surface area contributed by atoms with Crippen LogP contribution >= 0.6 is 11.3 Å². The van der Waals surface area contributed by atoms with Crippen molar-refractivity contribution < 1.29 is 14.3 Å². The monoisotopic (exact) mass is 269 g/mol. The van der Waals surface area contributed by atoms with Gasteiger partial charge in [0, 0.05) is 11.5 Å². The van der Waals surface area contributed by atoms with E-state index in [0.717, 1.165) is 36.6 Å². The van der Waals surface area contributed by atoms with Gasteiger partial charge in [-0.15, -0.1) is 11.3 Å². The number of thiazole rings is 1. The Kier molecular flexibility index (Phi) is 4.72. The van der Waals surface area contributed by atoms with Crippen LogP contribution in [0.2, 0.25) is 0 Å². The van der Waals surface area contributed by atoms with Crippen LogP contribution in [0.1, 0.15) is 48.2 Å². The van der Waals surface area contributed by atoms with Crippen LogP contribution in [0.4, 0.5) is 0 Å². The molecule has 1 aliphatic rings. The smallest absolute Gasteiger partial charge is 0.315 e. The third-order valence-electron chi connectivity index (χ3n) is 2.91. The maximum Gasteiger partial charge on any atom is 0.315 e. The van der Waals surface area contributed by atoms with Crippen LogP contribution in [0.15, 0.2) is 0 Å². The summed E-state index contributed by atoms with van der Waals surface area (Å²) in [6.07, 6.45) is 2.78. The highest BCUT2D eigenvalue weighted by molar-refractivity contribution is 7.11. The fourth-order valence-corrected chi connectivity index (χ4v) is 3.20. The van der Waals surface area contributed by atoms with Gasteiger partial charge >= 0.3 is 5.97 Å². The van der Waals surface area contributed by atoms with Crippen molar-refractivity contribution >= 4 is 17.3 Å². The summed E-state index contributed by atoms with van der Waals surface area (Å²) in [5.41, 5.74) is 0.925. The predicted octanol–water partition coefficient (Wildman–Crippen LogP) is 2.66. The van der Waals surface area contributed by atoms with E-state index in [1.807, 2.05) is 6.92 Å². The van der Waals surface area contributed by atoms with Gasteiger partial charge in [-0.2, -0.15) is 0 Å². The molecule has 0 bridgehead atoms. The van der Waals surface area contributed by atoms with E-state index in [4.69, 9.17) is 9.47 Å². The van der Waals surface area contributed by atoms with E-state index in [0.29, 0.717) is 13.2 Å². The first-order valence-corrected chi connectivity index (χ1v) is 7.30. The summed E-state index contributed by atoms with van der Waals surface area (Å²) in [6.45, 7) is 5.66. The highest BCUT2D eigenvalue weighted by Gasteiger charge is 2.33. The molecular weight excluding hydrogens is 250 g/mol. The number of aromatic nitrogens is 1. The van der Waals surface area contributed by atoms with E-state index in [2.05, 4.69) is 11.9 Å². The van der Waals surface area contributed by atoms with Crippen molar-refractivity contribution in [3.63, 3.8) is 0 Å². The summed E-state index contributed by atoms with van der Waals surface area (Å²) < 4.78 is 10.6. The Bertz CT molecular complexity index is 416. The van der Waals surface area contributed by atoms with Gasteiger partial charge in [0.1, 0.15) is 10.9 Å². The predicted molar refractivity (Wildman–Crippen MR) is 69.8 cm³/mol. The molecule has 0 radical (unpaired) electrons. The molecule has 100 valence electrons. The molecule has 0 spiro atoms. The van der Waals surface area contributed by atoms with Crippen LogP contribution in [0.3, 0.4) is 0 Å². The Balaban J connectivity index is 2.01. The number of carbonyl (C=O) groups is 1. The molecule has 1 atom stereocenters. The molecule has 4 nitrogen and oxygen atoms in total. The lowest BCUT2D eigenvalue weighted by Gasteiger charge is -2.07. The third-order valence-corrected chi connectivity index (χ3v) is 4.01. The van der Waals surface area contributed by atoms with Gasteiger partial charge in [0.05, 0.1) is 18.9 Å². The molecule has 0 saturated carbocycles. The molecule has 1 aromatic heterocycles. The number of hydrogen-bond donors (Lipinski definition) is 0. The van der Waals surface area contributed by atoms with E-state index in [1.165, 1.54) is 4.88 Å². The zero-order chi connectivity index (χ0) is 13.0. The number of nitrogens with zero attached hydrogens (tertiary/aromatic N) is 1. The number of carbonyl (C=O) groups excluding carboxylic acids is 1. The average molecular weight is 269 g/mol. The van der Waals surface area contributed by atoms with Gasteiger partial charge in [-0.3, -0.25) is 4.79 Å². The Morgan fingerprint density at radius 2 is 2.33 bits per heavy atom. The van der Waals surface area contributed by atoms with Crippen molar-refractivity contribution in [2.45, 2.75) is 45.6 Å². The third kappa shape index (κ3) is 2.90. The molecule has 0 amide bonds. The van der Waals surface area contributed by atoms with Crippen LogP contribution < -0.4 is 0 Å². The summed E-state index contributed by atoms with van der Waals surface area (Å²) in [6, 6.07) is 0. The SMILES string of the molecule is CCCOCc1nc2c(s1)CCC2C(=O)OCC. The fraction of sp³-hybridized carbons (Fsp3) is 0.692. The maximum absolute atomic E-state index is 11.8. The summed E-state index contributed by atoms with van der Waals surface area (Å²) >= 11 is 1.67. The molecular formula is C13H19NO3S. The molecule has 2 rings (SSSR count). The number of ether oxygens (including phenoxy) is 2. The lowest BCUT2D eigenvalue weighted by Crippen LogP contribution is -2.14. The van der Waals surface area contributed by atoms with Crippen LogP contribution in [0.5, 0.6) is 0 Å². The highest BCUT2D eigenvalue weighted by Crippen LogP contribution is 2.37. The molecule has 0 aromatic carbocycles. The van der Waals surface area contributed by atoms with Crippen LogP contribution in [0, 0.1) is 0 Å². The zero-order valence-corrected chi connectivity index (χ0v) is 11.7.